The van der Waals surface area contributed by atoms with E-state index in [9.17, 15) is 0 Å². The summed E-state index contributed by atoms with van der Waals surface area (Å²) in [6.45, 7) is 7.70. The first kappa shape index (κ1) is 19.3. The summed E-state index contributed by atoms with van der Waals surface area (Å²) in [5.41, 5.74) is 13.0. The fourth-order valence-corrected chi connectivity index (χ4v) is 1.32. The lowest BCUT2D eigenvalue weighted by molar-refractivity contribution is 0.695. The van der Waals surface area contributed by atoms with Gasteiger partial charge in [0.1, 0.15) is 0 Å². The van der Waals surface area contributed by atoms with Gasteiger partial charge in [0.05, 0.1) is 0 Å². The van der Waals surface area contributed by atoms with E-state index in [1.807, 2.05) is 33.0 Å². The SMILES string of the molecule is CC.CNc1ccccc1C.NCCCCCN. The maximum atomic E-state index is 5.23. The van der Waals surface area contributed by atoms with Crippen LogP contribution in [0.2, 0.25) is 0 Å². The number of hydrogen-bond donors (Lipinski definition) is 3. The van der Waals surface area contributed by atoms with Crippen molar-refractivity contribution in [1.29, 1.82) is 0 Å². The standard InChI is InChI=1S/C8H11N.C5H14N2.C2H6/c1-7-5-3-4-6-8(7)9-2;6-4-2-1-3-5-7;1-2/h3-6,9H,1-2H3;1-7H2;1-2H3. The van der Waals surface area contributed by atoms with Crippen molar-refractivity contribution in [3.8, 4) is 0 Å². The first-order chi connectivity index (χ1) is 8.76. The Kier molecular flexibility index (Phi) is 17.1. The van der Waals surface area contributed by atoms with Crippen LogP contribution in [0, 0.1) is 6.92 Å². The predicted octanol–water partition coefficient (Wildman–Crippen LogP) is 3.14. The van der Waals surface area contributed by atoms with E-state index in [2.05, 4.69) is 24.4 Å². The molecule has 106 valence electrons. The van der Waals surface area contributed by atoms with E-state index < -0.39 is 0 Å². The second kappa shape index (κ2) is 15.9. The van der Waals surface area contributed by atoms with Crippen molar-refractivity contribution in [2.75, 3.05) is 25.5 Å². The molecule has 0 amide bonds. The van der Waals surface area contributed by atoms with Gasteiger partial charge in [-0.2, -0.15) is 0 Å². The van der Waals surface area contributed by atoms with Crippen molar-refractivity contribution in [1.82, 2.24) is 0 Å². The Morgan fingerprint density at radius 3 is 1.78 bits per heavy atom. The summed E-state index contributed by atoms with van der Waals surface area (Å²) in [6.07, 6.45) is 3.43. The molecule has 0 saturated carbocycles. The lowest BCUT2D eigenvalue weighted by Gasteiger charge is -2.01. The second-order valence-corrected chi connectivity index (χ2v) is 3.70. The maximum absolute atomic E-state index is 5.23. The Bertz CT molecular complexity index is 258. The highest BCUT2D eigenvalue weighted by atomic mass is 14.8. The molecule has 0 saturated heterocycles. The number of nitrogens with two attached hydrogens (primary N) is 2. The van der Waals surface area contributed by atoms with Gasteiger partial charge in [0.25, 0.3) is 0 Å². The molecule has 0 bridgehead atoms. The normalized spacial score (nSPS) is 8.56. The van der Waals surface area contributed by atoms with Gasteiger partial charge in [-0.3, -0.25) is 0 Å². The Balaban J connectivity index is 0. The molecule has 0 aromatic heterocycles. The number of para-hydroxylation sites is 1. The number of aryl methyl sites for hydroxylation is 1. The maximum Gasteiger partial charge on any atom is 0.0367 e. The molecule has 1 aromatic carbocycles. The van der Waals surface area contributed by atoms with Crippen LogP contribution in [0.4, 0.5) is 5.69 Å². The largest absolute Gasteiger partial charge is 0.388 e. The quantitative estimate of drug-likeness (QED) is 0.706. The average molecular weight is 253 g/mol. The zero-order valence-electron chi connectivity index (χ0n) is 12.5. The van der Waals surface area contributed by atoms with E-state index >= 15 is 0 Å². The first-order valence-electron chi connectivity index (χ1n) is 6.89. The van der Waals surface area contributed by atoms with Gasteiger partial charge in [-0.05, 0) is 44.5 Å². The molecule has 0 unspecified atom stereocenters. The molecular formula is C15H31N3. The summed E-state index contributed by atoms with van der Waals surface area (Å²) in [6, 6.07) is 8.22. The lowest BCUT2D eigenvalue weighted by Crippen LogP contribution is -2.02. The Morgan fingerprint density at radius 1 is 0.944 bits per heavy atom. The number of benzene rings is 1. The second-order valence-electron chi connectivity index (χ2n) is 3.70. The topological polar surface area (TPSA) is 64.1 Å². The molecule has 3 nitrogen and oxygen atoms in total. The molecule has 0 aliphatic heterocycles. The molecule has 0 heterocycles. The van der Waals surface area contributed by atoms with Crippen LogP contribution in [0.3, 0.4) is 0 Å². The highest BCUT2D eigenvalue weighted by molar-refractivity contribution is 5.49. The van der Waals surface area contributed by atoms with Gasteiger partial charge in [-0.1, -0.05) is 38.5 Å². The Morgan fingerprint density at radius 2 is 1.44 bits per heavy atom. The summed E-state index contributed by atoms with van der Waals surface area (Å²) in [7, 11) is 1.93. The summed E-state index contributed by atoms with van der Waals surface area (Å²) in [5, 5.41) is 3.10. The summed E-state index contributed by atoms with van der Waals surface area (Å²) in [5.74, 6) is 0. The van der Waals surface area contributed by atoms with Crippen LogP contribution in [0.5, 0.6) is 0 Å². The molecule has 1 aromatic rings. The third kappa shape index (κ3) is 11.4. The molecular weight excluding hydrogens is 222 g/mol. The van der Waals surface area contributed by atoms with Crippen LogP contribution < -0.4 is 16.8 Å². The molecule has 0 fully saturated rings. The van der Waals surface area contributed by atoms with Crippen LogP contribution in [0.25, 0.3) is 0 Å². The van der Waals surface area contributed by atoms with E-state index in [1.54, 1.807) is 0 Å². The van der Waals surface area contributed by atoms with Crippen LogP contribution in [-0.4, -0.2) is 20.1 Å². The summed E-state index contributed by atoms with van der Waals surface area (Å²) in [4.78, 5) is 0. The Hall–Kier alpha value is -1.06. The molecule has 1 rings (SSSR count). The van der Waals surface area contributed by atoms with Crippen molar-refractivity contribution < 1.29 is 0 Å². The highest BCUT2D eigenvalue weighted by Gasteiger charge is 1.88. The monoisotopic (exact) mass is 253 g/mol. The average Bonchev–Trinajstić information content (AvgIpc) is 2.43. The van der Waals surface area contributed by atoms with Gasteiger partial charge in [-0.15, -0.1) is 0 Å². The van der Waals surface area contributed by atoms with Gasteiger partial charge >= 0.3 is 0 Å². The molecule has 0 atom stereocenters. The smallest absolute Gasteiger partial charge is 0.0367 e. The van der Waals surface area contributed by atoms with Crippen LogP contribution >= 0.6 is 0 Å². The zero-order valence-corrected chi connectivity index (χ0v) is 12.5. The number of rotatable bonds is 5. The van der Waals surface area contributed by atoms with Gasteiger partial charge in [0.2, 0.25) is 0 Å². The summed E-state index contributed by atoms with van der Waals surface area (Å²) < 4.78 is 0. The van der Waals surface area contributed by atoms with Gasteiger partial charge in [0, 0.05) is 12.7 Å². The van der Waals surface area contributed by atoms with Crippen molar-refractivity contribution in [2.45, 2.75) is 40.0 Å². The van der Waals surface area contributed by atoms with E-state index in [4.69, 9.17) is 11.5 Å². The molecule has 3 heteroatoms. The van der Waals surface area contributed by atoms with Crippen molar-refractivity contribution in [2.24, 2.45) is 11.5 Å². The number of nitrogens with one attached hydrogen (secondary N) is 1. The summed E-state index contributed by atoms with van der Waals surface area (Å²) >= 11 is 0. The molecule has 0 aliphatic rings. The minimum absolute atomic E-state index is 0.806. The van der Waals surface area contributed by atoms with Crippen LogP contribution in [0.1, 0.15) is 38.7 Å². The Labute approximate surface area is 113 Å². The zero-order chi connectivity index (χ0) is 14.2. The van der Waals surface area contributed by atoms with Gasteiger partial charge in [0.15, 0.2) is 0 Å². The number of hydrogen-bond acceptors (Lipinski definition) is 3. The fourth-order valence-electron chi connectivity index (χ4n) is 1.32. The van der Waals surface area contributed by atoms with Crippen molar-refractivity contribution in [3.05, 3.63) is 29.8 Å². The molecule has 0 radical (unpaired) electrons. The van der Waals surface area contributed by atoms with Gasteiger partial charge < -0.3 is 16.8 Å². The number of unbranched alkanes of at least 4 members (excludes halogenated alkanes) is 2. The minimum atomic E-state index is 0.806. The highest BCUT2D eigenvalue weighted by Crippen LogP contribution is 2.10. The lowest BCUT2D eigenvalue weighted by atomic mass is 10.2. The van der Waals surface area contributed by atoms with Crippen LogP contribution in [0.15, 0.2) is 24.3 Å². The van der Waals surface area contributed by atoms with Crippen molar-refractivity contribution in [3.63, 3.8) is 0 Å². The van der Waals surface area contributed by atoms with E-state index in [0.29, 0.717) is 0 Å². The van der Waals surface area contributed by atoms with E-state index in [-0.39, 0.29) is 0 Å². The third-order valence-electron chi connectivity index (χ3n) is 2.32. The fraction of sp³-hybridized carbons (Fsp3) is 0.600. The molecule has 5 N–H and O–H groups in total. The van der Waals surface area contributed by atoms with Crippen molar-refractivity contribution >= 4 is 5.69 Å². The van der Waals surface area contributed by atoms with Gasteiger partial charge in [-0.25, -0.2) is 0 Å². The van der Waals surface area contributed by atoms with E-state index in [1.165, 1.54) is 17.7 Å². The van der Waals surface area contributed by atoms with E-state index in [0.717, 1.165) is 25.9 Å². The third-order valence-corrected chi connectivity index (χ3v) is 2.32. The molecule has 18 heavy (non-hydrogen) atoms. The van der Waals surface area contributed by atoms with Crippen LogP contribution in [-0.2, 0) is 0 Å². The molecule has 0 spiro atoms. The first-order valence-corrected chi connectivity index (χ1v) is 6.89. The predicted molar refractivity (Wildman–Crippen MR) is 84.0 cm³/mol. The number of anilines is 1. The molecule has 0 aliphatic carbocycles. The minimum Gasteiger partial charge on any atom is -0.388 e.